The molecule has 0 aliphatic heterocycles. The average Bonchev–Trinajstić information content (AvgIpc) is 2.57. The molecule has 0 radical (unpaired) electrons. The monoisotopic (exact) mass is 313 g/mol. The third-order valence-electron chi connectivity index (χ3n) is 3.80. The van der Waals surface area contributed by atoms with E-state index >= 15 is 0 Å². The summed E-state index contributed by atoms with van der Waals surface area (Å²) in [6.07, 6.45) is 3.45. The Kier molecular flexibility index (Phi) is 4.22. The summed E-state index contributed by atoms with van der Waals surface area (Å²) in [5.74, 6) is 0.414. The Morgan fingerprint density at radius 1 is 1.44 bits per heavy atom. The van der Waals surface area contributed by atoms with E-state index in [2.05, 4.69) is 33.0 Å². The number of hydrogen-bond donors (Lipinski definition) is 0. The standard InChI is InChI=1S/C13H20BrN3O/c1-9-13(14)12(17(3)15-9)8-16(2)10-4-6-11(18)7-5-10/h10H,4-8H2,1-3H3. The quantitative estimate of drug-likeness (QED) is 0.860. The summed E-state index contributed by atoms with van der Waals surface area (Å²) in [6.45, 7) is 2.88. The Morgan fingerprint density at radius 3 is 2.56 bits per heavy atom. The number of ketones is 1. The van der Waals surface area contributed by atoms with Crippen LogP contribution < -0.4 is 0 Å². The molecule has 1 saturated carbocycles. The lowest BCUT2D eigenvalue weighted by atomic mass is 9.93. The first-order chi connectivity index (χ1) is 8.49. The Hall–Kier alpha value is -0.680. The molecule has 1 aliphatic carbocycles. The van der Waals surface area contributed by atoms with Gasteiger partial charge in [0.2, 0.25) is 0 Å². The third kappa shape index (κ3) is 2.83. The maximum absolute atomic E-state index is 11.3. The summed E-state index contributed by atoms with van der Waals surface area (Å²) >= 11 is 3.60. The number of aryl methyl sites for hydroxylation is 2. The molecule has 4 nitrogen and oxygen atoms in total. The van der Waals surface area contributed by atoms with Crippen molar-refractivity contribution in [2.75, 3.05) is 7.05 Å². The molecule has 0 amide bonds. The van der Waals surface area contributed by atoms with Crippen molar-refractivity contribution >= 4 is 21.7 Å². The number of hydrogen-bond acceptors (Lipinski definition) is 3. The van der Waals surface area contributed by atoms with Crippen LogP contribution in [0.2, 0.25) is 0 Å². The van der Waals surface area contributed by atoms with Crippen LogP contribution in [0.3, 0.4) is 0 Å². The Balaban J connectivity index is 2.02. The van der Waals surface area contributed by atoms with Gasteiger partial charge in [0.25, 0.3) is 0 Å². The van der Waals surface area contributed by atoms with Crippen LogP contribution in [0.4, 0.5) is 0 Å². The van der Waals surface area contributed by atoms with Gasteiger partial charge in [-0.1, -0.05) is 0 Å². The molecule has 0 aromatic carbocycles. The predicted octanol–water partition coefficient (Wildman–Crippen LogP) is 2.43. The maximum Gasteiger partial charge on any atom is 0.133 e. The summed E-state index contributed by atoms with van der Waals surface area (Å²) in [5.41, 5.74) is 2.23. The van der Waals surface area contributed by atoms with Gasteiger partial charge in [-0.3, -0.25) is 14.4 Å². The van der Waals surface area contributed by atoms with Crippen molar-refractivity contribution in [1.29, 1.82) is 0 Å². The second kappa shape index (κ2) is 5.53. The molecule has 100 valence electrons. The minimum absolute atomic E-state index is 0.414. The summed E-state index contributed by atoms with van der Waals surface area (Å²) in [6, 6.07) is 0.518. The van der Waals surface area contributed by atoms with Crippen LogP contribution in [0, 0.1) is 6.92 Å². The fourth-order valence-electron chi connectivity index (χ4n) is 2.58. The molecule has 1 aromatic heterocycles. The molecule has 1 heterocycles. The number of aromatic nitrogens is 2. The average molecular weight is 314 g/mol. The van der Waals surface area contributed by atoms with Crippen molar-refractivity contribution in [3.63, 3.8) is 0 Å². The van der Waals surface area contributed by atoms with E-state index in [1.54, 1.807) is 0 Å². The summed E-state index contributed by atoms with van der Waals surface area (Å²) in [5, 5.41) is 4.41. The number of Topliss-reactive ketones (excluding diaryl/α,β-unsaturated/α-hetero) is 1. The highest BCUT2D eigenvalue weighted by Gasteiger charge is 2.23. The lowest BCUT2D eigenvalue weighted by Gasteiger charge is -2.30. The smallest absolute Gasteiger partial charge is 0.133 e. The van der Waals surface area contributed by atoms with Gasteiger partial charge in [-0.25, -0.2) is 0 Å². The molecule has 1 aromatic rings. The predicted molar refractivity (Wildman–Crippen MR) is 74.4 cm³/mol. The third-order valence-corrected chi connectivity index (χ3v) is 4.83. The van der Waals surface area contributed by atoms with Crippen LogP contribution in [-0.2, 0) is 18.4 Å². The number of rotatable bonds is 3. The number of nitrogens with zero attached hydrogens (tertiary/aromatic N) is 3. The normalized spacial score (nSPS) is 17.7. The van der Waals surface area contributed by atoms with Gasteiger partial charge in [-0.05, 0) is 42.7 Å². The second-order valence-corrected chi connectivity index (χ2v) is 5.95. The van der Waals surface area contributed by atoms with E-state index in [1.165, 1.54) is 5.69 Å². The molecule has 0 atom stereocenters. The Morgan fingerprint density at radius 2 is 2.06 bits per heavy atom. The van der Waals surface area contributed by atoms with E-state index in [1.807, 2.05) is 18.7 Å². The van der Waals surface area contributed by atoms with Gasteiger partial charge in [0.15, 0.2) is 0 Å². The number of carbonyl (C=O) groups is 1. The summed E-state index contributed by atoms with van der Waals surface area (Å²) < 4.78 is 3.04. The molecule has 0 N–H and O–H groups in total. The SMILES string of the molecule is Cc1nn(C)c(CN(C)C2CCC(=O)CC2)c1Br. The Bertz CT molecular complexity index is 445. The number of carbonyl (C=O) groups excluding carboxylic acids is 1. The molecule has 18 heavy (non-hydrogen) atoms. The van der Waals surface area contributed by atoms with Crippen LogP contribution in [0.25, 0.3) is 0 Å². The molecular formula is C13H20BrN3O. The van der Waals surface area contributed by atoms with Gasteiger partial charge in [-0.2, -0.15) is 5.10 Å². The highest BCUT2D eigenvalue weighted by molar-refractivity contribution is 9.10. The minimum Gasteiger partial charge on any atom is -0.300 e. The van der Waals surface area contributed by atoms with Crippen LogP contribution >= 0.6 is 15.9 Å². The van der Waals surface area contributed by atoms with Crippen molar-refractivity contribution < 1.29 is 4.79 Å². The topological polar surface area (TPSA) is 38.1 Å². The van der Waals surface area contributed by atoms with Gasteiger partial charge in [0.1, 0.15) is 5.78 Å². The molecule has 0 spiro atoms. The number of halogens is 1. The fraction of sp³-hybridized carbons (Fsp3) is 0.692. The molecule has 0 unspecified atom stereocenters. The zero-order valence-electron chi connectivity index (χ0n) is 11.2. The molecule has 0 bridgehead atoms. The first-order valence-corrected chi connectivity index (χ1v) is 7.18. The highest BCUT2D eigenvalue weighted by Crippen LogP contribution is 2.25. The van der Waals surface area contributed by atoms with Crippen LogP contribution in [0.15, 0.2) is 4.47 Å². The molecule has 5 heteroatoms. The maximum atomic E-state index is 11.3. The van der Waals surface area contributed by atoms with Crippen molar-refractivity contribution in [3.8, 4) is 0 Å². The summed E-state index contributed by atoms with van der Waals surface area (Å²) in [7, 11) is 4.11. The van der Waals surface area contributed by atoms with Crippen molar-refractivity contribution in [1.82, 2.24) is 14.7 Å². The van der Waals surface area contributed by atoms with E-state index < -0.39 is 0 Å². The highest BCUT2D eigenvalue weighted by atomic mass is 79.9. The lowest BCUT2D eigenvalue weighted by Crippen LogP contribution is -2.35. The largest absolute Gasteiger partial charge is 0.300 e. The van der Waals surface area contributed by atoms with Crippen molar-refractivity contribution in [3.05, 3.63) is 15.9 Å². The van der Waals surface area contributed by atoms with E-state index in [4.69, 9.17) is 0 Å². The fourth-order valence-corrected chi connectivity index (χ4v) is 3.04. The van der Waals surface area contributed by atoms with Gasteiger partial charge < -0.3 is 0 Å². The first-order valence-electron chi connectivity index (χ1n) is 6.39. The van der Waals surface area contributed by atoms with E-state index in [0.717, 1.165) is 42.4 Å². The molecule has 0 saturated heterocycles. The van der Waals surface area contributed by atoms with Crippen LogP contribution in [-0.4, -0.2) is 33.6 Å². The lowest BCUT2D eigenvalue weighted by molar-refractivity contribution is -0.121. The molecular weight excluding hydrogens is 294 g/mol. The van der Waals surface area contributed by atoms with Gasteiger partial charge in [0.05, 0.1) is 15.9 Å². The van der Waals surface area contributed by atoms with E-state index in [9.17, 15) is 4.79 Å². The second-order valence-electron chi connectivity index (χ2n) is 5.15. The van der Waals surface area contributed by atoms with Crippen molar-refractivity contribution in [2.24, 2.45) is 7.05 Å². The van der Waals surface area contributed by atoms with Crippen molar-refractivity contribution in [2.45, 2.75) is 45.2 Å². The zero-order valence-corrected chi connectivity index (χ0v) is 12.8. The first kappa shape index (κ1) is 13.7. The van der Waals surface area contributed by atoms with Gasteiger partial charge in [0, 0.05) is 32.5 Å². The molecule has 1 aliphatic rings. The van der Waals surface area contributed by atoms with E-state index in [0.29, 0.717) is 11.8 Å². The van der Waals surface area contributed by atoms with Crippen LogP contribution in [0.5, 0.6) is 0 Å². The van der Waals surface area contributed by atoms with Crippen LogP contribution in [0.1, 0.15) is 37.1 Å². The molecule has 2 rings (SSSR count). The minimum atomic E-state index is 0.414. The Labute approximate surface area is 116 Å². The van der Waals surface area contributed by atoms with E-state index in [-0.39, 0.29) is 0 Å². The van der Waals surface area contributed by atoms with Gasteiger partial charge >= 0.3 is 0 Å². The molecule has 1 fully saturated rings. The summed E-state index contributed by atoms with van der Waals surface area (Å²) in [4.78, 5) is 13.6. The van der Waals surface area contributed by atoms with Gasteiger partial charge in [-0.15, -0.1) is 0 Å². The zero-order chi connectivity index (χ0) is 13.3.